The number of para-hydroxylation sites is 2. The average molecular weight is 308 g/mol. The van der Waals surface area contributed by atoms with Crippen LogP contribution in [0.25, 0.3) is 22.6 Å². The summed E-state index contributed by atoms with van der Waals surface area (Å²) >= 11 is 0. The molecule has 118 valence electrons. The quantitative estimate of drug-likeness (QED) is 0.794. The fourth-order valence-electron chi connectivity index (χ4n) is 3.10. The van der Waals surface area contributed by atoms with Gasteiger partial charge in [0.25, 0.3) is 0 Å². The molecule has 1 fully saturated rings. The van der Waals surface area contributed by atoms with Gasteiger partial charge in [0.1, 0.15) is 5.52 Å². The van der Waals surface area contributed by atoms with Gasteiger partial charge in [-0.2, -0.15) is 0 Å². The van der Waals surface area contributed by atoms with Gasteiger partial charge in [0.05, 0.1) is 12.7 Å². The van der Waals surface area contributed by atoms with Gasteiger partial charge in [-0.1, -0.05) is 24.3 Å². The van der Waals surface area contributed by atoms with Crippen molar-refractivity contribution in [1.29, 1.82) is 0 Å². The first kappa shape index (κ1) is 14.4. The van der Waals surface area contributed by atoms with E-state index in [-0.39, 0.29) is 12.1 Å². The van der Waals surface area contributed by atoms with Crippen LogP contribution in [0.1, 0.15) is 24.8 Å². The van der Waals surface area contributed by atoms with Crippen molar-refractivity contribution < 1.29 is 9.15 Å². The number of aromatic nitrogens is 1. The van der Waals surface area contributed by atoms with Crippen LogP contribution in [-0.4, -0.2) is 17.1 Å². The minimum atomic E-state index is 0.189. The molecule has 1 aliphatic carbocycles. The van der Waals surface area contributed by atoms with Crippen molar-refractivity contribution in [3.05, 3.63) is 54.1 Å². The zero-order valence-corrected chi connectivity index (χ0v) is 12.9. The Labute approximate surface area is 135 Å². The molecule has 1 heterocycles. The van der Waals surface area contributed by atoms with E-state index >= 15 is 0 Å². The van der Waals surface area contributed by atoms with Gasteiger partial charge in [-0.25, -0.2) is 4.98 Å². The van der Waals surface area contributed by atoms with E-state index in [4.69, 9.17) is 14.9 Å². The molecule has 0 bridgehead atoms. The van der Waals surface area contributed by atoms with Crippen molar-refractivity contribution >= 4 is 11.1 Å². The summed E-state index contributed by atoms with van der Waals surface area (Å²) in [6, 6.07) is 16.2. The molecule has 0 amide bonds. The second-order valence-corrected chi connectivity index (χ2v) is 6.13. The zero-order valence-electron chi connectivity index (χ0n) is 12.9. The summed E-state index contributed by atoms with van der Waals surface area (Å²) in [5.41, 5.74) is 9.84. The summed E-state index contributed by atoms with van der Waals surface area (Å²) in [6.45, 7) is 0.603. The molecule has 1 aliphatic rings. The summed E-state index contributed by atoms with van der Waals surface area (Å²) in [4.78, 5) is 4.52. The van der Waals surface area contributed by atoms with E-state index in [1.807, 2.05) is 36.4 Å². The Morgan fingerprint density at radius 2 is 1.91 bits per heavy atom. The molecule has 0 spiro atoms. The number of ether oxygens (including phenoxy) is 1. The van der Waals surface area contributed by atoms with Crippen LogP contribution in [0.4, 0.5) is 0 Å². The van der Waals surface area contributed by atoms with Crippen molar-refractivity contribution in [3.8, 4) is 11.5 Å². The fourth-order valence-corrected chi connectivity index (χ4v) is 3.10. The molecule has 1 aromatic heterocycles. The summed E-state index contributed by atoms with van der Waals surface area (Å²) in [5, 5.41) is 0. The van der Waals surface area contributed by atoms with Crippen molar-refractivity contribution in [1.82, 2.24) is 4.98 Å². The van der Waals surface area contributed by atoms with Crippen LogP contribution in [0, 0.1) is 0 Å². The monoisotopic (exact) mass is 308 g/mol. The number of hydrogen-bond acceptors (Lipinski definition) is 4. The highest BCUT2D eigenvalue weighted by molar-refractivity contribution is 5.75. The van der Waals surface area contributed by atoms with Gasteiger partial charge in [-0.05, 0) is 49.1 Å². The Morgan fingerprint density at radius 3 is 2.65 bits per heavy atom. The largest absolute Gasteiger partial charge is 0.436 e. The van der Waals surface area contributed by atoms with Crippen LogP contribution in [0.2, 0.25) is 0 Å². The van der Waals surface area contributed by atoms with Crippen molar-refractivity contribution in [2.24, 2.45) is 5.73 Å². The van der Waals surface area contributed by atoms with Gasteiger partial charge in [-0.15, -0.1) is 0 Å². The summed E-state index contributed by atoms with van der Waals surface area (Å²) in [5.74, 6) is 0.650. The summed E-state index contributed by atoms with van der Waals surface area (Å²) < 4.78 is 11.7. The number of rotatable bonds is 4. The average Bonchev–Trinajstić information content (AvgIpc) is 3.19. The third kappa shape index (κ3) is 3.00. The Kier molecular flexibility index (Phi) is 3.85. The van der Waals surface area contributed by atoms with Gasteiger partial charge in [0.15, 0.2) is 5.58 Å². The van der Waals surface area contributed by atoms with Crippen LogP contribution in [-0.2, 0) is 11.3 Å². The lowest BCUT2D eigenvalue weighted by molar-refractivity contribution is 0.0357. The van der Waals surface area contributed by atoms with E-state index in [1.165, 1.54) is 6.42 Å². The predicted molar refractivity (Wildman–Crippen MR) is 89.8 cm³/mol. The Balaban J connectivity index is 1.47. The Bertz CT molecular complexity index is 761. The first-order valence-electron chi connectivity index (χ1n) is 8.12. The lowest BCUT2D eigenvalue weighted by Crippen LogP contribution is -2.31. The Morgan fingerprint density at radius 1 is 1.09 bits per heavy atom. The minimum absolute atomic E-state index is 0.189. The topological polar surface area (TPSA) is 61.3 Å². The molecule has 1 saturated carbocycles. The number of oxazole rings is 1. The molecule has 0 saturated heterocycles. The van der Waals surface area contributed by atoms with Gasteiger partial charge in [-0.3, -0.25) is 0 Å². The number of nitrogens with zero attached hydrogens (tertiary/aromatic N) is 1. The van der Waals surface area contributed by atoms with Crippen LogP contribution >= 0.6 is 0 Å². The smallest absolute Gasteiger partial charge is 0.227 e. The highest BCUT2D eigenvalue weighted by atomic mass is 16.5. The second-order valence-electron chi connectivity index (χ2n) is 6.13. The maximum absolute atomic E-state index is 6.03. The van der Waals surface area contributed by atoms with Gasteiger partial charge < -0.3 is 14.9 Å². The highest BCUT2D eigenvalue weighted by Crippen LogP contribution is 2.25. The van der Waals surface area contributed by atoms with Gasteiger partial charge in [0.2, 0.25) is 5.89 Å². The van der Waals surface area contributed by atoms with Crippen LogP contribution in [0.5, 0.6) is 0 Å². The molecule has 0 unspecified atom stereocenters. The predicted octanol–water partition coefficient (Wildman–Crippen LogP) is 3.89. The van der Waals surface area contributed by atoms with Crippen LogP contribution in [0.15, 0.2) is 52.9 Å². The molecule has 23 heavy (non-hydrogen) atoms. The molecule has 4 heteroatoms. The second kappa shape index (κ2) is 6.14. The van der Waals surface area contributed by atoms with Crippen LogP contribution < -0.4 is 5.73 Å². The van der Waals surface area contributed by atoms with Crippen LogP contribution in [0.3, 0.4) is 0 Å². The summed E-state index contributed by atoms with van der Waals surface area (Å²) in [6.07, 6.45) is 3.51. The molecule has 4 rings (SSSR count). The molecule has 2 atom stereocenters. The summed E-state index contributed by atoms with van der Waals surface area (Å²) in [7, 11) is 0. The van der Waals surface area contributed by atoms with Gasteiger partial charge >= 0.3 is 0 Å². The highest BCUT2D eigenvalue weighted by Gasteiger charge is 2.24. The third-order valence-corrected chi connectivity index (χ3v) is 4.46. The Hall–Kier alpha value is -2.17. The van der Waals surface area contributed by atoms with Crippen molar-refractivity contribution in [2.45, 2.75) is 38.0 Å². The number of fused-ring (bicyclic) bond motifs is 1. The van der Waals surface area contributed by atoms with Gasteiger partial charge in [0, 0.05) is 11.6 Å². The molecular formula is C19H20N2O2. The lowest BCUT2D eigenvalue weighted by atomic mass is 10.1. The third-order valence-electron chi connectivity index (χ3n) is 4.46. The molecule has 3 aromatic rings. The standard InChI is InChI=1S/C19H20N2O2/c20-15-4-3-7-17(15)22-12-13-8-10-14(11-9-13)19-21-16-5-1-2-6-18(16)23-19/h1-2,5-6,8-11,15,17H,3-4,7,12,20H2/t15-,17-/m1/s1. The minimum Gasteiger partial charge on any atom is -0.436 e. The maximum Gasteiger partial charge on any atom is 0.227 e. The zero-order chi connectivity index (χ0) is 15.6. The molecule has 0 radical (unpaired) electrons. The van der Waals surface area contributed by atoms with Crippen molar-refractivity contribution in [3.63, 3.8) is 0 Å². The van der Waals surface area contributed by atoms with E-state index in [0.29, 0.717) is 12.5 Å². The van der Waals surface area contributed by atoms with E-state index < -0.39 is 0 Å². The fraction of sp³-hybridized carbons (Fsp3) is 0.316. The van der Waals surface area contributed by atoms with Crippen molar-refractivity contribution in [2.75, 3.05) is 0 Å². The number of nitrogens with two attached hydrogens (primary N) is 1. The SMILES string of the molecule is N[C@@H]1CCC[C@H]1OCc1ccc(-c2nc3ccccc3o2)cc1. The van der Waals surface area contributed by atoms with E-state index in [2.05, 4.69) is 17.1 Å². The maximum atomic E-state index is 6.03. The molecule has 4 nitrogen and oxygen atoms in total. The normalized spacial score (nSPS) is 21.1. The molecule has 2 N–H and O–H groups in total. The van der Waals surface area contributed by atoms with E-state index in [0.717, 1.165) is 35.1 Å². The lowest BCUT2D eigenvalue weighted by Gasteiger charge is -2.16. The number of benzene rings is 2. The number of hydrogen-bond donors (Lipinski definition) is 1. The van der Waals surface area contributed by atoms with E-state index in [9.17, 15) is 0 Å². The molecule has 0 aliphatic heterocycles. The first-order valence-corrected chi connectivity index (χ1v) is 8.12. The molecular weight excluding hydrogens is 288 g/mol. The molecule has 2 aromatic carbocycles. The van der Waals surface area contributed by atoms with E-state index in [1.54, 1.807) is 0 Å². The first-order chi connectivity index (χ1) is 11.3.